The molecule has 0 bridgehead atoms. The summed E-state index contributed by atoms with van der Waals surface area (Å²) < 4.78 is 0. The van der Waals surface area contributed by atoms with Crippen molar-refractivity contribution >= 4 is 29.2 Å². The van der Waals surface area contributed by atoms with Gasteiger partial charge in [0.1, 0.15) is 5.54 Å². The number of nitrogens with zero attached hydrogens (tertiary/aromatic N) is 1. The number of nitrogens with one attached hydrogen (secondary N) is 2. The lowest BCUT2D eigenvalue weighted by atomic mass is 9.86. The number of urea groups is 1. The van der Waals surface area contributed by atoms with Crippen LogP contribution in [0.1, 0.15) is 47.0 Å². The molecule has 3 aliphatic rings. The summed E-state index contributed by atoms with van der Waals surface area (Å²) in [6.07, 6.45) is 4.14. The van der Waals surface area contributed by atoms with Crippen LogP contribution in [0.3, 0.4) is 0 Å². The molecule has 0 aromatic carbocycles. The fraction of sp³-hybridized carbons (Fsp3) is 0.588. The zero-order valence-corrected chi connectivity index (χ0v) is 14.5. The van der Waals surface area contributed by atoms with Crippen LogP contribution in [0.2, 0.25) is 0 Å². The van der Waals surface area contributed by atoms with E-state index in [-0.39, 0.29) is 11.8 Å². The highest BCUT2D eigenvalue weighted by Gasteiger charge is 2.48. The molecular weight excluding hydrogens is 326 g/mol. The third kappa shape index (κ3) is 2.42. The number of carbonyl (C=O) groups is 3. The summed E-state index contributed by atoms with van der Waals surface area (Å²) in [7, 11) is 0. The van der Waals surface area contributed by atoms with E-state index in [4.69, 9.17) is 0 Å². The predicted molar refractivity (Wildman–Crippen MR) is 90.1 cm³/mol. The molecule has 128 valence electrons. The minimum Gasteiger partial charge on any atom is -0.338 e. The molecule has 0 saturated carbocycles. The number of carbonyl (C=O) groups excluding carboxylic acids is 3. The van der Waals surface area contributed by atoms with E-state index in [0.29, 0.717) is 31.8 Å². The zero-order chi connectivity index (χ0) is 16.9. The van der Waals surface area contributed by atoms with E-state index in [9.17, 15) is 14.4 Å². The lowest BCUT2D eigenvalue weighted by molar-refractivity contribution is -0.125. The molecule has 1 aliphatic carbocycles. The van der Waals surface area contributed by atoms with E-state index in [2.05, 4.69) is 17.6 Å². The first-order valence-corrected chi connectivity index (χ1v) is 9.38. The van der Waals surface area contributed by atoms with Gasteiger partial charge < -0.3 is 10.2 Å². The zero-order valence-electron chi connectivity index (χ0n) is 13.7. The van der Waals surface area contributed by atoms with Gasteiger partial charge >= 0.3 is 6.03 Å². The minimum atomic E-state index is -0.822. The van der Waals surface area contributed by atoms with Crippen molar-refractivity contribution in [2.75, 3.05) is 13.1 Å². The van der Waals surface area contributed by atoms with E-state index < -0.39 is 11.6 Å². The fourth-order valence-electron chi connectivity index (χ4n) is 4.00. The number of amides is 4. The Hall–Kier alpha value is -1.89. The third-order valence-corrected chi connectivity index (χ3v) is 6.60. The summed E-state index contributed by atoms with van der Waals surface area (Å²) in [5, 5.41) is 7.04. The summed E-state index contributed by atoms with van der Waals surface area (Å²) in [6, 6.07) is -0.430. The molecule has 7 heteroatoms. The highest BCUT2D eigenvalue weighted by atomic mass is 32.1. The summed E-state index contributed by atoms with van der Waals surface area (Å²) in [4.78, 5) is 39.5. The number of thiophene rings is 1. The Kier molecular flexibility index (Phi) is 3.63. The molecule has 3 heterocycles. The van der Waals surface area contributed by atoms with Crippen LogP contribution in [0.5, 0.6) is 0 Å². The van der Waals surface area contributed by atoms with Gasteiger partial charge in [-0.3, -0.25) is 14.9 Å². The van der Waals surface area contributed by atoms with E-state index in [1.807, 2.05) is 10.3 Å². The van der Waals surface area contributed by atoms with Gasteiger partial charge in [-0.1, -0.05) is 6.92 Å². The Labute approximate surface area is 144 Å². The van der Waals surface area contributed by atoms with Crippen LogP contribution in [-0.4, -0.2) is 41.4 Å². The van der Waals surface area contributed by atoms with Crippen molar-refractivity contribution in [3.05, 3.63) is 21.4 Å². The standard InChI is InChI=1S/C17H21N3O3S/c1-10-2-3-11-12(9-24-13(11)8-10)14(21)20-6-4-17(5-7-20)15(22)18-16(23)19-17/h9-10H,2-8H2,1H3,(H2,18,19,22,23)/t10-/m0/s1. The number of fused-ring (bicyclic) bond motifs is 1. The highest BCUT2D eigenvalue weighted by Crippen LogP contribution is 2.34. The van der Waals surface area contributed by atoms with Crippen molar-refractivity contribution in [3.8, 4) is 0 Å². The Morgan fingerprint density at radius 3 is 2.75 bits per heavy atom. The maximum atomic E-state index is 12.9. The summed E-state index contributed by atoms with van der Waals surface area (Å²) in [6.45, 7) is 3.25. The number of hydrogen-bond donors (Lipinski definition) is 2. The van der Waals surface area contributed by atoms with Crippen LogP contribution in [0.15, 0.2) is 5.38 Å². The number of imide groups is 1. The average Bonchev–Trinajstić information content (AvgIpc) is 3.08. The summed E-state index contributed by atoms with van der Waals surface area (Å²) >= 11 is 1.70. The van der Waals surface area contributed by atoms with Gasteiger partial charge in [-0.25, -0.2) is 4.79 Å². The molecule has 2 saturated heterocycles. The minimum absolute atomic E-state index is 0.0710. The Morgan fingerprint density at radius 1 is 1.33 bits per heavy atom. The summed E-state index contributed by atoms with van der Waals surface area (Å²) in [5.41, 5.74) is 1.25. The Bertz CT molecular complexity index is 719. The van der Waals surface area contributed by atoms with Crippen molar-refractivity contribution in [2.24, 2.45) is 5.92 Å². The second-order valence-corrected chi connectivity index (χ2v) is 8.15. The number of rotatable bonds is 1. The van der Waals surface area contributed by atoms with Crippen molar-refractivity contribution in [2.45, 2.75) is 44.6 Å². The maximum Gasteiger partial charge on any atom is 0.322 e. The Balaban J connectivity index is 1.48. The molecule has 2 aliphatic heterocycles. The molecule has 6 nitrogen and oxygen atoms in total. The first-order chi connectivity index (χ1) is 11.5. The van der Waals surface area contributed by atoms with Gasteiger partial charge in [0.25, 0.3) is 11.8 Å². The van der Waals surface area contributed by atoms with Crippen LogP contribution in [0, 0.1) is 5.92 Å². The molecule has 2 N–H and O–H groups in total. The van der Waals surface area contributed by atoms with Crippen molar-refractivity contribution in [1.82, 2.24) is 15.5 Å². The van der Waals surface area contributed by atoms with Crippen LogP contribution >= 0.6 is 11.3 Å². The molecule has 1 atom stereocenters. The second-order valence-electron chi connectivity index (χ2n) is 7.18. The number of hydrogen-bond acceptors (Lipinski definition) is 4. The van der Waals surface area contributed by atoms with Gasteiger partial charge in [0.2, 0.25) is 0 Å². The fourth-order valence-corrected chi connectivity index (χ4v) is 5.24. The molecule has 2 fully saturated rings. The molecular formula is C17H21N3O3S. The van der Waals surface area contributed by atoms with Crippen LogP contribution in [0.4, 0.5) is 4.79 Å². The largest absolute Gasteiger partial charge is 0.338 e. The van der Waals surface area contributed by atoms with E-state index in [1.54, 1.807) is 11.3 Å². The molecule has 4 amide bonds. The topological polar surface area (TPSA) is 78.5 Å². The molecule has 1 aromatic heterocycles. The molecule has 24 heavy (non-hydrogen) atoms. The molecule has 4 rings (SSSR count). The van der Waals surface area contributed by atoms with E-state index >= 15 is 0 Å². The normalized spacial score (nSPS) is 25.4. The van der Waals surface area contributed by atoms with E-state index in [0.717, 1.165) is 24.8 Å². The van der Waals surface area contributed by atoms with Gasteiger partial charge in [0.05, 0.1) is 5.56 Å². The van der Waals surface area contributed by atoms with Gasteiger partial charge in [0, 0.05) is 23.3 Å². The average molecular weight is 347 g/mol. The molecule has 1 spiro atoms. The van der Waals surface area contributed by atoms with Gasteiger partial charge in [-0.05, 0) is 43.6 Å². The highest BCUT2D eigenvalue weighted by molar-refractivity contribution is 7.10. The lowest BCUT2D eigenvalue weighted by Gasteiger charge is -2.37. The van der Waals surface area contributed by atoms with Crippen LogP contribution in [0.25, 0.3) is 0 Å². The van der Waals surface area contributed by atoms with Crippen molar-refractivity contribution < 1.29 is 14.4 Å². The third-order valence-electron chi connectivity index (χ3n) is 5.55. The van der Waals surface area contributed by atoms with Gasteiger partial charge in [-0.15, -0.1) is 11.3 Å². The van der Waals surface area contributed by atoms with Crippen LogP contribution in [-0.2, 0) is 17.6 Å². The molecule has 0 unspecified atom stereocenters. The smallest absolute Gasteiger partial charge is 0.322 e. The quantitative estimate of drug-likeness (QED) is 0.759. The number of piperidine rings is 1. The summed E-state index contributed by atoms with van der Waals surface area (Å²) in [5.74, 6) is 0.501. The first kappa shape index (κ1) is 15.6. The molecule has 1 aromatic rings. The number of likely N-dealkylation sites (tertiary alicyclic amines) is 1. The Morgan fingerprint density at radius 2 is 2.08 bits per heavy atom. The first-order valence-electron chi connectivity index (χ1n) is 8.50. The van der Waals surface area contributed by atoms with Gasteiger partial charge in [-0.2, -0.15) is 0 Å². The monoisotopic (exact) mass is 347 g/mol. The van der Waals surface area contributed by atoms with Gasteiger partial charge in [0.15, 0.2) is 0 Å². The predicted octanol–water partition coefficient (Wildman–Crippen LogP) is 1.69. The van der Waals surface area contributed by atoms with Crippen LogP contribution < -0.4 is 10.6 Å². The van der Waals surface area contributed by atoms with Crippen molar-refractivity contribution in [1.29, 1.82) is 0 Å². The molecule has 0 radical (unpaired) electrons. The second kappa shape index (κ2) is 5.58. The van der Waals surface area contributed by atoms with E-state index in [1.165, 1.54) is 10.4 Å². The van der Waals surface area contributed by atoms with Crippen molar-refractivity contribution in [3.63, 3.8) is 0 Å². The maximum absolute atomic E-state index is 12.9. The SMILES string of the molecule is C[C@H]1CCc2c(C(=O)N3CCC4(CC3)NC(=O)NC4=O)csc2C1. The lowest BCUT2D eigenvalue weighted by Crippen LogP contribution is -2.55.